The number of phenols is 1. The number of phenolic OH excluding ortho intramolecular Hbond substituents is 1. The average molecular weight is 430 g/mol. The second-order valence-corrected chi connectivity index (χ2v) is 7.03. The number of halogens is 1. The number of amides is 1. The highest BCUT2D eigenvalue weighted by molar-refractivity contribution is 9.10. The SMILES string of the molecule is O=C(Nc1ccc(Br)cc1)O[C@H](CCCO)c1ccc(O)c2ccccc12. The summed E-state index contributed by atoms with van der Waals surface area (Å²) in [5.41, 5.74) is 1.42. The number of rotatable bonds is 6. The number of hydrogen-bond acceptors (Lipinski definition) is 4. The first kappa shape index (κ1) is 19.2. The van der Waals surface area contributed by atoms with Crippen LogP contribution >= 0.6 is 15.9 Å². The summed E-state index contributed by atoms with van der Waals surface area (Å²) in [6.07, 6.45) is -0.153. The highest BCUT2D eigenvalue weighted by atomic mass is 79.9. The number of carbonyl (C=O) groups is 1. The van der Waals surface area contributed by atoms with Gasteiger partial charge in [-0.15, -0.1) is 0 Å². The Morgan fingerprint density at radius 3 is 2.44 bits per heavy atom. The molecule has 3 aromatic rings. The lowest BCUT2D eigenvalue weighted by atomic mass is 9.97. The zero-order valence-corrected chi connectivity index (χ0v) is 16.1. The Morgan fingerprint density at radius 1 is 1.04 bits per heavy atom. The van der Waals surface area contributed by atoms with Gasteiger partial charge in [0, 0.05) is 27.7 Å². The van der Waals surface area contributed by atoms with Crippen LogP contribution in [0.2, 0.25) is 0 Å². The van der Waals surface area contributed by atoms with Crippen molar-refractivity contribution in [2.24, 2.45) is 0 Å². The average Bonchev–Trinajstić information content (AvgIpc) is 2.68. The van der Waals surface area contributed by atoms with E-state index in [-0.39, 0.29) is 12.4 Å². The molecule has 140 valence electrons. The number of aliphatic hydroxyl groups excluding tert-OH is 1. The van der Waals surface area contributed by atoms with Gasteiger partial charge in [0.15, 0.2) is 0 Å². The zero-order chi connectivity index (χ0) is 19.2. The van der Waals surface area contributed by atoms with Crippen LogP contribution < -0.4 is 5.32 Å². The van der Waals surface area contributed by atoms with E-state index >= 15 is 0 Å². The number of carbonyl (C=O) groups excluding carboxylic acids is 1. The van der Waals surface area contributed by atoms with Crippen LogP contribution in [-0.2, 0) is 4.74 Å². The third-order valence-corrected chi connectivity index (χ3v) is 4.77. The molecule has 0 unspecified atom stereocenters. The number of aromatic hydroxyl groups is 1. The van der Waals surface area contributed by atoms with Crippen LogP contribution in [0, 0.1) is 0 Å². The van der Waals surface area contributed by atoms with E-state index in [0.29, 0.717) is 23.9 Å². The summed E-state index contributed by atoms with van der Waals surface area (Å²) < 4.78 is 6.58. The lowest BCUT2D eigenvalue weighted by molar-refractivity contribution is 0.100. The molecule has 5 nitrogen and oxygen atoms in total. The first-order valence-corrected chi connectivity index (χ1v) is 9.42. The molecule has 0 fully saturated rings. The minimum absolute atomic E-state index is 0.00417. The summed E-state index contributed by atoms with van der Waals surface area (Å²) in [5, 5.41) is 23.5. The molecule has 27 heavy (non-hydrogen) atoms. The maximum Gasteiger partial charge on any atom is 0.412 e. The molecule has 1 amide bonds. The molecule has 0 aliphatic heterocycles. The second-order valence-electron chi connectivity index (χ2n) is 6.11. The van der Waals surface area contributed by atoms with Crippen molar-refractivity contribution < 1.29 is 19.7 Å². The van der Waals surface area contributed by atoms with E-state index in [1.807, 2.05) is 36.4 Å². The minimum atomic E-state index is -0.572. The van der Waals surface area contributed by atoms with Crippen molar-refractivity contribution in [3.63, 3.8) is 0 Å². The van der Waals surface area contributed by atoms with Gasteiger partial charge in [0.05, 0.1) is 0 Å². The molecule has 0 saturated carbocycles. The van der Waals surface area contributed by atoms with Gasteiger partial charge in [-0.05, 0) is 48.6 Å². The Labute approximate surface area is 165 Å². The number of ether oxygens (including phenoxy) is 1. The van der Waals surface area contributed by atoms with Crippen LogP contribution in [0.25, 0.3) is 10.8 Å². The molecule has 3 N–H and O–H groups in total. The maximum absolute atomic E-state index is 12.4. The molecule has 0 aliphatic rings. The van der Waals surface area contributed by atoms with Gasteiger partial charge in [-0.2, -0.15) is 0 Å². The van der Waals surface area contributed by atoms with Gasteiger partial charge < -0.3 is 14.9 Å². The van der Waals surface area contributed by atoms with Crippen molar-refractivity contribution in [3.05, 3.63) is 70.7 Å². The third kappa shape index (κ3) is 4.78. The van der Waals surface area contributed by atoms with Crippen molar-refractivity contribution in [2.75, 3.05) is 11.9 Å². The predicted octanol–water partition coefficient (Wildman–Crippen LogP) is 5.37. The molecule has 0 radical (unpaired) electrons. The smallest absolute Gasteiger partial charge is 0.412 e. The van der Waals surface area contributed by atoms with Gasteiger partial charge in [-0.3, -0.25) is 5.32 Å². The topological polar surface area (TPSA) is 78.8 Å². The molecule has 0 bridgehead atoms. The van der Waals surface area contributed by atoms with E-state index in [0.717, 1.165) is 15.4 Å². The van der Waals surface area contributed by atoms with Crippen LogP contribution in [0.3, 0.4) is 0 Å². The van der Waals surface area contributed by atoms with E-state index in [4.69, 9.17) is 4.74 Å². The third-order valence-electron chi connectivity index (χ3n) is 4.25. The summed E-state index contributed by atoms with van der Waals surface area (Å²) in [5.74, 6) is 0.176. The van der Waals surface area contributed by atoms with E-state index < -0.39 is 12.2 Å². The molecule has 6 heteroatoms. The van der Waals surface area contributed by atoms with Crippen molar-refractivity contribution in [1.82, 2.24) is 0 Å². The standard InChI is InChI=1S/C21H20BrNO4/c22-14-7-9-15(10-8-14)23-21(26)27-20(6-3-13-24)18-11-12-19(25)17-5-2-1-4-16(17)18/h1-2,4-5,7-12,20,24-25H,3,6,13H2,(H,23,26)/t20-/m1/s1. The number of nitrogens with one attached hydrogen (secondary N) is 1. The van der Waals surface area contributed by atoms with Crippen LogP contribution in [0.15, 0.2) is 65.1 Å². The van der Waals surface area contributed by atoms with Gasteiger partial charge in [0.2, 0.25) is 0 Å². The number of hydrogen-bond donors (Lipinski definition) is 3. The molecule has 0 aromatic heterocycles. The van der Waals surface area contributed by atoms with Crippen molar-refractivity contribution >= 4 is 38.5 Å². The number of fused-ring (bicyclic) bond motifs is 1. The Balaban J connectivity index is 1.85. The second kappa shape index (κ2) is 8.88. The van der Waals surface area contributed by atoms with Gasteiger partial charge in [0.1, 0.15) is 11.9 Å². The summed E-state index contributed by atoms with van der Waals surface area (Å²) in [7, 11) is 0. The lowest BCUT2D eigenvalue weighted by Gasteiger charge is -2.20. The zero-order valence-electron chi connectivity index (χ0n) is 14.6. The summed E-state index contributed by atoms with van der Waals surface area (Å²) in [6.45, 7) is 0.00417. The molecule has 3 rings (SSSR count). The van der Waals surface area contributed by atoms with E-state index in [1.54, 1.807) is 24.3 Å². The Morgan fingerprint density at radius 2 is 1.74 bits per heavy atom. The monoisotopic (exact) mass is 429 g/mol. The molecular weight excluding hydrogens is 410 g/mol. The van der Waals surface area contributed by atoms with E-state index in [1.165, 1.54) is 0 Å². The van der Waals surface area contributed by atoms with Gasteiger partial charge >= 0.3 is 6.09 Å². The normalized spacial score (nSPS) is 11.9. The van der Waals surface area contributed by atoms with E-state index in [9.17, 15) is 15.0 Å². The number of aliphatic hydroxyl groups is 1. The lowest BCUT2D eigenvalue weighted by Crippen LogP contribution is -2.18. The molecule has 0 aliphatic carbocycles. The van der Waals surface area contributed by atoms with Crippen LogP contribution in [0.1, 0.15) is 24.5 Å². The van der Waals surface area contributed by atoms with E-state index in [2.05, 4.69) is 21.2 Å². The fourth-order valence-electron chi connectivity index (χ4n) is 2.95. The largest absolute Gasteiger partial charge is 0.507 e. The first-order valence-electron chi connectivity index (χ1n) is 8.63. The fraction of sp³-hybridized carbons (Fsp3) is 0.190. The summed E-state index contributed by atoms with van der Waals surface area (Å²) in [4.78, 5) is 12.4. The van der Waals surface area contributed by atoms with Gasteiger partial charge in [-0.25, -0.2) is 4.79 Å². The molecule has 1 atom stereocenters. The summed E-state index contributed by atoms with van der Waals surface area (Å²) in [6, 6.07) is 18.0. The summed E-state index contributed by atoms with van der Waals surface area (Å²) >= 11 is 3.35. The molecule has 0 saturated heterocycles. The molecule has 3 aromatic carbocycles. The quantitative estimate of drug-likeness (QED) is 0.491. The number of benzene rings is 3. The number of anilines is 1. The van der Waals surface area contributed by atoms with Crippen LogP contribution in [0.4, 0.5) is 10.5 Å². The fourth-order valence-corrected chi connectivity index (χ4v) is 3.22. The van der Waals surface area contributed by atoms with Gasteiger partial charge in [-0.1, -0.05) is 46.3 Å². The maximum atomic E-state index is 12.4. The van der Waals surface area contributed by atoms with Crippen molar-refractivity contribution in [3.8, 4) is 5.75 Å². The molecular formula is C21H20BrNO4. The Kier molecular flexibility index (Phi) is 6.32. The van der Waals surface area contributed by atoms with Crippen LogP contribution in [0.5, 0.6) is 5.75 Å². The Hall–Kier alpha value is -2.57. The predicted molar refractivity (Wildman–Crippen MR) is 109 cm³/mol. The highest BCUT2D eigenvalue weighted by Gasteiger charge is 2.20. The van der Waals surface area contributed by atoms with Crippen molar-refractivity contribution in [2.45, 2.75) is 18.9 Å². The van der Waals surface area contributed by atoms with Crippen molar-refractivity contribution in [1.29, 1.82) is 0 Å². The highest BCUT2D eigenvalue weighted by Crippen LogP contribution is 2.34. The van der Waals surface area contributed by atoms with Crippen LogP contribution in [-0.4, -0.2) is 22.9 Å². The minimum Gasteiger partial charge on any atom is -0.507 e. The van der Waals surface area contributed by atoms with Gasteiger partial charge in [0.25, 0.3) is 0 Å². The molecule has 0 spiro atoms. The first-order chi connectivity index (χ1) is 13.1. The Bertz CT molecular complexity index is 927. The molecule has 0 heterocycles.